The number of ether oxygens (including phenoxy) is 1. The van der Waals surface area contributed by atoms with Gasteiger partial charge in [-0.3, -0.25) is 0 Å². The summed E-state index contributed by atoms with van der Waals surface area (Å²) < 4.78 is 6.81. The molecule has 0 radical (unpaired) electrons. The molecular weight excluding hydrogens is 300 g/mol. The molecule has 4 heteroatoms. The van der Waals surface area contributed by atoms with Crippen molar-refractivity contribution in [1.82, 2.24) is 0 Å². The maximum absolute atomic E-state index is 9.63. The van der Waals surface area contributed by atoms with E-state index in [9.17, 15) is 5.11 Å². The number of hydrogen-bond acceptors (Lipinski definition) is 3. The first-order chi connectivity index (χ1) is 8.18. The second-order valence-corrected chi connectivity index (χ2v) is 5.55. The van der Waals surface area contributed by atoms with E-state index in [2.05, 4.69) is 15.9 Å². The highest BCUT2D eigenvalue weighted by Gasteiger charge is 2.09. The number of para-hydroxylation sites is 1. The lowest BCUT2D eigenvalue weighted by Crippen LogP contribution is -1.99. The lowest BCUT2D eigenvalue weighted by atomic mass is 10.1. The third-order valence-corrected chi connectivity index (χ3v) is 4.32. The van der Waals surface area contributed by atoms with E-state index in [0.29, 0.717) is 6.61 Å². The molecule has 0 fully saturated rings. The van der Waals surface area contributed by atoms with Gasteiger partial charge in [0.2, 0.25) is 0 Å². The van der Waals surface area contributed by atoms with Gasteiger partial charge in [0.1, 0.15) is 12.4 Å². The molecule has 0 saturated heterocycles. The second-order valence-electron chi connectivity index (χ2n) is 3.69. The molecule has 0 aliphatic heterocycles. The van der Waals surface area contributed by atoms with Crippen LogP contribution >= 0.6 is 27.3 Å². The third kappa shape index (κ3) is 3.09. The molecule has 1 aromatic carbocycles. The summed E-state index contributed by atoms with van der Waals surface area (Å²) in [6.07, 6.45) is -0.516. The Morgan fingerprint density at radius 3 is 2.76 bits per heavy atom. The van der Waals surface area contributed by atoms with E-state index in [4.69, 9.17) is 4.74 Å². The van der Waals surface area contributed by atoms with Gasteiger partial charge in [-0.25, -0.2) is 0 Å². The van der Waals surface area contributed by atoms with Crippen LogP contribution in [0.2, 0.25) is 0 Å². The molecule has 0 saturated carbocycles. The van der Waals surface area contributed by atoms with Crippen molar-refractivity contribution in [3.8, 4) is 5.75 Å². The van der Waals surface area contributed by atoms with Gasteiger partial charge in [-0.05, 0) is 40.4 Å². The molecule has 0 aliphatic rings. The molecular formula is C13H13BrO2S. The van der Waals surface area contributed by atoms with Crippen molar-refractivity contribution >= 4 is 27.3 Å². The van der Waals surface area contributed by atoms with Crippen molar-refractivity contribution in [3.05, 3.63) is 50.6 Å². The van der Waals surface area contributed by atoms with E-state index in [1.807, 2.05) is 35.7 Å². The largest absolute Gasteiger partial charge is 0.488 e. The normalized spacial score (nSPS) is 12.4. The molecule has 1 N–H and O–H groups in total. The molecule has 17 heavy (non-hydrogen) atoms. The van der Waals surface area contributed by atoms with Crippen molar-refractivity contribution in [2.45, 2.75) is 19.6 Å². The fourth-order valence-electron chi connectivity index (χ4n) is 1.53. The van der Waals surface area contributed by atoms with E-state index in [0.717, 1.165) is 20.7 Å². The SMILES string of the molecule is CC(O)c1ccccc1OCc1sccc1Br. The first-order valence-electron chi connectivity index (χ1n) is 5.30. The summed E-state index contributed by atoms with van der Waals surface area (Å²) in [4.78, 5) is 1.14. The summed E-state index contributed by atoms with van der Waals surface area (Å²) >= 11 is 5.12. The number of rotatable bonds is 4. The molecule has 2 nitrogen and oxygen atoms in total. The topological polar surface area (TPSA) is 29.5 Å². The fourth-order valence-corrected chi connectivity index (χ4v) is 2.91. The van der Waals surface area contributed by atoms with Gasteiger partial charge < -0.3 is 9.84 Å². The predicted octanol–water partition coefficient (Wildman–Crippen LogP) is 4.14. The average Bonchev–Trinajstić information content (AvgIpc) is 2.72. The number of benzene rings is 1. The van der Waals surface area contributed by atoms with E-state index in [1.54, 1.807) is 18.3 Å². The van der Waals surface area contributed by atoms with Gasteiger partial charge in [0, 0.05) is 10.0 Å². The smallest absolute Gasteiger partial charge is 0.125 e. The summed E-state index contributed by atoms with van der Waals surface area (Å²) in [5, 5.41) is 11.6. The fraction of sp³-hybridized carbons (Fsp3) is 0.231. The molecule has 0 amide bonds. The van der Waals surface area contributed by atoms with E-state index in [-0.39, 0.29) is 0 Å². The van der Waals surface area contributed by atoms with Gasteiger partial charge >= 0.3 is 0 Å². The zero-order valence-electron chi connectivity index (χ0n) is 9.39. The summed E-state index contributed by atoms with van der Waals surface area (Å²) in [5.41, 5.74) is 0.820. The summed E-state index contributed by atoms with van der Waals surface area (Å²) in [5.74, 6) is 0.739. The summed E-state index contributed by atoms with van der Waals surface area (Å²) in [6.45, 7) is 2.26. The van der Waals surface area contributed by atoms with Crippen molar-refractivity contribution in [2.24, 2.45) is 0 Å². The molecule has 2 rings (SSSR count). The highest BCUT2D eigenvalue weighted by molar-refractivity contribution is 9.10. The number of halogens is 1. The molecule has 1 heterocycles. The number of aliphatic hydroxyl groups is 1. The van der Waals surface area contributed by atoms with Crippen molar-refractivity contribution in [3.63, 3.8) is 0 Å². The Labute approximate surface area is 113 Å². The van der Waals surface area contributed by atoms with E-state index >= 15 is 0 Å². The lowest BCUT2D eigenvalue weighted by molar-refractivity contribution is 0.190. The predicted molar refractivity (Wildman–Crippen MR) is 73.4 cm³/mol. The minimum atomic E-state index is -0.516. The minimum absolute atomic E-state index is 0.516. The van der Waals surface area contributed by atoms with E-state index in [1.165, 1.54) is 0 Å². The number of aliphatic hydroxyl groups excluding tert-OH is 1. The van der Waals surface area contributed by atoms with Crippen LogP contribution in [-0.4, -0.2) is 5.11 Å². The summed E-state index contributed by atoms with van der Waals surface area (Å²) in [7, 11) is 0. The van der Waals surface area contributed by atoms with Crippen LogP contribution in [0.15, 0.2) is 40.2 Å². The Morgan fingerprint density at radius 2 is 2.12 bits per heavy atom. The molecule has 1 aromatic heterocycles. The Bertz CT molecular complexity index is 494. The van der Waals surface area contributed by atoms with Gasteiger partial charge in [-0.2, -0.15) is 0 Å². The standard InChI is InChI=1S/C13H13BrO2S/c1-9(15)10-4-2-3-5-12(10)16-8-13-11(14)6-7-17-13/h2-7,9,15H,8H2,1H3. The Hall–Kier alpha value is -0.840. The Kier molecular flexibility index (Phi) is 4.20. The molecule has 0 aliphatic carbocycles. The minimum Gasteiger partial charge on any atom is -0.488 e. The van der Waals surface area contributed by atoms with Crippen LogP contribution in [0.1, 0.15) is 23.5 Å². The van der Waals surface area contributed by atoms with Crippen LogP contribution < -0.4 is 4.74 Å². The quantitative estimate of drug-likeness (QED) is 0.919. The van der Waals surface area contributed by atoms with Crippen LogP contribution in [0.25, 0.3) is 0 Å². The van der Waals surface area contributed by atoms with Crippen LogP contribution in [0.5, 0.6) is 5.75 Å². The van der Waals surface area contributed by atoms with Crippen LogP contribution in [0.4, 0.5) is 0 Å². The Morgan fingerprint density at radius 1 is 1.35 bits per heavy atom. The monoisotopic (exact) mass is 312 g/mol. The van der Waals surface area contributed by atoms with Gasteiger partial charge in [-0.1, -0.05) is 18.2 Å². The highest BCUT2D eigenvalue weighted by Crippen LogP contribution is 2.28. The average molecular weight is 313 g/mol. The maximum atomic E-state index is 9.63. The molecule has 90 valence electrons. The van der Waals surface area contributed by atoms with Gasteiger partial charge in [0.05, 0.1) is 11.0 Å². The lowest BCUT2D eigenvalue weighted by Gasteiger charge is -2.12. The van der Waals surface area contributed by atoms with Crippen LogP contribution in [0.3, 0.4) is 0 Å². The molecule has 1 atom stereocenters. The molecule has 1 unspecified atom stereocenters. The Balaban J connectivity index is 2.11. The van der Waals surface area contributed by atoms with Gasteiger partial charge in [-0.15, -0.1) is 11.3 Å². The highest BCUT2D eigenvalue weighted by atomic mass is 79.9. The zero-order valence-corrected chi connectivity index (χ0v) is 11.8. The van der Waals surface area contributed by atoms with E-state index < -0.39 is 6.10 Å². The zero-order chi connectivity index (χ0) is 12.3. The van der Waals surface area contributed by atoms with Crippen molar-refractivity contribution < 1.29 is 9.84 Å². The van der Waals surface area contributed by atoms with Crippen molar-refractivity contribution in [2.75, 3.05) is 0 Å². The van der Waals surface area contributed by atoms with Crippen LogP contribution in [0, 0.1) is 0 Å². The maximum Gasteiger partial charge on any atom is 0.125 e. The summed E-state index contributed by atoms with van der Waals surface area (Å²) in [6, 6.07) is 9.57. The number of hydrogen-bond donors (Lipinski definition) is 1. The van der Waals surface area contributed by atoms with Gasteiger partial charge in [0.25, 0.3) is 0 Å². The first kappa shape index (κ1) is 12.6. The van der Waals surface area contributed by atoms with Crippen LogP contribution in [-0.2, 0) is 6.61 Å². The van der Waals surface area contributed by atoms with Crippen molar-refractivity contribution in [1.29, 1.82) is 0 Å². The molecule has 0 bridgehead atoms. The second kappa shape index (κ2) is 5.67. The third-order valence-electron chi connectivity index (χ3n) is 2.42. The molecule has 2 aromatic rings. The van der Waals surface area contributed by atoms with Gasteiger partial charge in [0.15, 0.2) is 0 Å². The molecule has 0 spiro atoms. The number of thiophene rings is 1. The first-order valence-corrected chi connectivity index (χ1v) is 6.97.